The van der Waals surface area contributed by atoms with Gasteiger partial charge in [-0.1, -0.05) is 115 Å². The molecule has 1 aliphatic rings. The number of hydrogen-bond acceptors (Lipinski definition) is 13. The summed E-state index contributed by atoms with van der Waals surface area (Å²) >= 11 is 0. The van der Waals surface area contributed by atoms with Gasteiger partial charge in [0.1, 0.15) is 29.0 Å². The molecule has 24 heteroatoms. The summed E-state index contributed by atoms with van der Waals surface area (Å²) < 4.78 is 70.7. The number of nitrogens with two attached hydrogens (primary N) is 1. The minimum absolute atomic E-state index is 0.00799. The molecule has 2 aromatic heterocycles. The van der Waals surface area contributed by atoms with E-state index in [4.69, 9.17) is 26.0 Å². The van der Waals surface area contributed by atoms with E-state index >= 15 is 0 Å². The van der Waals surface area contributed by atoms with Gasteiger partial charge in [0.25, 0.3) is 20.0 Å². The van der Waals surface area contributed by atoms with E-state index in [2.05, 4.69) is 25.4 Å². The number of aromatic nitrogens is 2. The molecule has 0 fully saturated rings. The molecule has 0 aliphatic heterocycles. The number of sulfonamides is 2. The summed E-state index contributed by atoms with van der Waals surface area (Å²) in [7, 11) is -4.60. The highest BCUT2D eigenvalue weighted by Crippen LogP contribution is 2.44. The average Bonchev–Trinajstić information content (AvgIpc) is 4.17. The van der Waals surface area contributed by atoms with Crippen LogP contribution in [0.3, 0.4) is 0 Å². The Hall–Kier alpha value is -8.74. The number of carboxylic acids is 2. The first kappa shape index (κ1) is 58.0. The van der Waals surface area contributed by atoms with E-state index < -0.39 is 67.5 Å². The summed E-state index contributed by atoms with van der Waals surface area (Å²) in [5.74, 6) is -5.02. The number of carbonyl (C=O) groups excluding carboxylic acids is 2. The minimum Gasteiger partial charge on any atom is -0.480 e. The van der Waals surface area contributed by atoms with Gasteiger partial charge in [-0.2, -0.15) is 0 Å². The fourth-order valence-electron chi connectivity index (χ4n) is 9.38. The Labute approximate surface area is 456 Å². The monoisotopic (exact) mass is 1120 g/mol. The molecule has 8 rings (SSSR count). The predicted octanol–water partition coefficient (Wildman–Crippen LogP) is 5.66. The lowest BCUT2D eigenvalue weighted by Crippen LogP contribution is -2.56. The second-order valence-corrected chi connectivity index (χ2v) is 22.0. The largest absolute Gasteiger partial charge is 0.480 e. The van der Waals surface area contributed by atoms with Crippen molar-refractivity contribution in [2.75, 3.05) is 19.7 Å². The number of aliphatic carboxylic acids is 2. The highest BCUT2D eigenvalue weighted by molar-refractivity contribution is 7.90. The van der Waals surface area contributed by atoms with E-state index in [1.54, 1.807) is 85.6 Å². The predicted molar refractivity (Wildman–Crippen MR) is 296 cm³/mol. The van der Waals surface area contributed by atoms with Gasteiger partial charge in [0, 0.05) is 66.3 Å². The summed E-state index contributed by atoms with van der Waals surface area (Å²) in [4.78, 5) is 48.7. The van der Waals surface area contributed by atoms with Gasteiger partial charge in [0.2, 0.25) is 17.5 Å². The molecule has 0 radical (unpaired) electrons. The Kier molecular flexibility index (Phi) is 18.1. The van der Waals surface area contributed by atoms with Crippen LogP contribution in [0.4, 0.5) is 4.79 Å². The Morgan fingerprint density at radius 3 is 1.61 bits per heavy atom. The van der Waals surface area contributed by atoms with Gasteiger partial charge in [-0.3, -0.25) is 10.8 Å². The Balaban J connectivity index is 0.000000233. The Bertz CT molecular complexity index is 3630. The quantitative estimate of drug-likeness (QED) is 0.0145. The lowest BCUT2D eigenvalue weighted by atomic mass is 9.94. The second-order valence-electron chi connectivity index (χ2n) is 18.7. The topological polar surface area (TPSA) is 339 Å². The van der Waals surface area contributed by atoms with Crippen LogP contribution in [0, 0.1) is 24.7 Å². The van der Waals surface area contributed by atoms with Gasteiger partial charge in [0.15, 0.2) is 0 Å². The summed E-state index contributed by atoms with van der Waals surface area (Å²) in [6.07, 6.45) is -0.817. The number of amides is 1. The molecule has 79 heavy (non-hydrogen) atoms. The summed E-state index contributed by atoms with van der Waals surface area (Å²) in [6.45, 7) is 3.40. The first-order valence-electron chi connectivity index (χ1n) is 24.9. The van der Waals surface area contributed by atoms with Crippen molar-refractivity contribution in [3.05, 3.63) is 155 Å². The van der Waals surface area contributed by atoms with Crippen LogP contribution in [0.25, 0.3) is 32.9 Å². The van der Waals surface area contributed by atoms with Crippen molar-refractivity contribution in [1.29, 1.82) is 10.8 Å². The number of carboxylic acid groups (broad SMARTS) is 2. The number of nitrogens with zero attached hydrogens (tertiary/aromatic N) is 2. The fourth-order valence-corrected chi connectivity index (χ4v) is 12.2. The van der Waals surface area contributed by atoms with E-state index in [-0.39, 0.29) is 67.7 Å². The molecule has 0 bridgehead atoms. The van der Waals surface area contributed by atoms with Crippen LogP contribution in [0.5, 0.6) is 0 Å². The molecule has 1 amide bonds. The molecule has 22 nitrogen and oxygen atoms in total. The average molecular weight is 1120 g/mol. The van der Waals surface area contributed by atoms with E-state index in [1.165, 1.54) is 0 Å². The van der Waals surface area contributed by atoms with Gasteiger partial charge in [-0.25, -0.2) is 45.5 Å². The molecule has 5 aromatic carbocycles. The van der Waals surface area contributed by atoms with Crippen molar-refractivity contribution in [3.8, 4) is 11.1 Å². The first-order valence-corrected chi connectivity index (χ1v) is 27.9. The van der Waals surface area contributed by atoms with Gasteiger partial charge < -0.3 is 50.5 Å². The zero-order chi connectivity index (χ0) is 57.2. The van der Waals surface area contributed by atoms with Crippen molar-refractivity contribution < 1.29 is 55.7 Å². The molecule has 2 heterocycles. The number of esters is 1. The van der Waals surface area contributed by atoms with E-state index in [0.717, 1.165) is 38.9 Å². The lowest BCUT2D eigenvalue weighted by molar-refractivity contribution is -0.161. The summed E-state index contributed by atoms with van der Waals surface area (Å²) in [5.41, 5.74) is 11.1. The third-order valence-electron chi connectivity index (χ3n) is 13.6. The number of guanidine groups is 2. The molecule has 416 valence electrons. The third kappa shape index (κ3) is 13.2. The highest BCUT2D eigenvalue weighted by atomic mass is 32.2. The SMILES string of the molecule is Cc1c(S(=O)(=O)NC(=N)NCCC[C@H](NC(=O)OCc2ccccc2)C(=O)O)c2ccccc2n1C.Cc1c(S(=O)(=O)NC(=N)NCCC[C@](N)(C(=O)O)C(=O)OCC2c3ccccc3-c3ccccc32)c2ccccc2n1C. The number of rotatable bonds is 20. The maximum absolute atomic E-state index is 13.1. The molecule has 0 unspecified atom stereocenters. The summed E-state index contributed by atoms with van der Waals surface area (Å²) in [5, 5.41) is 43.9. The molecule has 11 N–H and O–H groups in total. The van der Waals surface area contributed by atoms with Crippen LogP contribution < -0.4 is 31.1 Å². The van der Waals surface area contributed by atoms with E-state index in [1.807, 2.05) is 78.9 Å². The summed E-state index contributed by atoms with van der Waals surface area (Å²) in [6, 6.07) is 37.5. The molecule has 1 aliphatic carbocycles. The van der Waals surface area contributed by atoms with Crippen LogP contribution >= 0.6 is 0 Å². The van der Waals surface area contributed by atoms with Gasteiger partial charge >= 0.3 is 24.0 Å². The zero-order valence-corrected chi connectivity index (χ0v) is 45.3. The zero-order valence-electron chi connectivity index (χ0n) is 43.7. The van der Waals surface area contributed by atoms with E-state index in [9.17, 15) is 46.2 Å². The van der Waals surface area contributed by atoms with Crippen molar-refractivity contribution >= 4 is 77.8 Å². The number of fused-ring (bicyclic) bond motifs is 5. The third-order valence-corrected chi connectivity index (χ3v) is 16.7. The highest BCUT2D eigenvalue weighted by Gasteiger charge is 2.44. The number of aryl methyl sites for hydroxylation is 2. The molecular formula is C55H62N10O12S2. The smallest absolute Gasteiger partial charge is 0.408 e. The molecule has 0 spiro atoms. The normalized spacial score (nSPS) is 13.1. The maximum Gasteiger partial charge on any atom is 0.408 e. The van der Waals surface area contributed by atoms with Gasteiger partial charge in [-0.15, -0.1) is 0 Å². The number of carbonyl (C=O) groups is 4. The van der Waals surface area contributed by atoms with Gasteiger partial charge in [-0.05, 0) is 79.5 Å². The molecule has 0 saturated carbocycles. The van der Waals surface area contributed by atoms with Crippen LogP contribution in [0.1, 0.15) is 59.7 Å². The molecular weight excluding hydrogens is 1060 g/mol. The molecule has 2 atom stereocenters. The fraction of sp³-hybridized carbons (Fsp3) is 0.273. The maximum atomic E-state index is 13.1. The van der Waals surface area contributed by atoms with Crippen molar-refractivity contribution in [2.45, 2.75) is 73.4 Å². The number of benzene rings is 5. The number of alkyl carbamates (subject to hydrolysis) is 1. The van der Waals surface area contributed by atoms with Crippen molar-refractivity contribution in [2.24, 2.45) is 19.8 Å². The number of ether oxygens (including phenoxy) is 2. The van der Waals surface area contributed by atoms with Crippen LogP contribution in [0.15, 0.2) is 137 Å². The van der Waals surface area contributed by atoms with Crippen LogP contribution in [0.2, 0.25) is 0 Å². The standard InChI is InChI=1S/C31H33N5O6S.C24H29N5O6S/c1-19-27(24-14-7-8-15-26(24)36(19)2)43(40,41)35-30(32)34-17-9-16-31(33,28(37)38)29(39)42-18-25-22-12-5-3-10-20(22)21-11-4-6-13-23(21)25;1-16-21(18-11-6-7-13-20(18)29(16)2)36(33,34)28-23(25)26-14-8-12-19(22(30)31)27-24(32)35-15-17-9-4-3-5-10-17/h3-8,10-15,25H,9,16-18,33H2,1-2H3,(H,37,38)(H3,32,34,35);3-7,9-11,13,19H,8,12,14-15H2,1-2H3,(H,27,32)(H,30,31)(H3,25,26,28)/t31-;19-/m00/s1. The Morgan fingerprint density at radius 2 is 1.11 bits per heavy atom. The van der Waals surface area contributed by atoms with Gasteiger partial charge in [0.05, 0.1) is 0 Å². The van der Waals surface area contributed by atoms with Crippen molar-refractivity contribution in [3.63, 3.8) is 0 Å². The Morgan fingerprint density at radius 1 is 0.658 bits per heavy atom. The van der Waals surface area contributed by atoms with E-state index in [0.29, 0.717) is 22.2 Å². The molecule has 0 saturated heterocycles. The second kappa shape index (κ2) is 24.7. The number of nitrogens with one attached hydrogen (secondary N) is 7. The minimum atomic E-state index is -4.10. The van der Waals surface area contributed by atoms with Crippen LogP contribution in [-0.4, -0.2) is 103 Å². The number of para-hydroxylation sites is 2. The molecule has 7 aromatic rings. The van der Waals surface area contributed by atoms with Crippen LogP contribution in [-0.2, 0) is 64.6 Å². The first-order chi connectivity index (χ1) is 37.6. The van der Waals surface area contributed by atoms with Crippen molar-refractivity contribution in [1.82, 2.24) is 34.5 Å². The number of hydrogen-bond donors (Lipinski definition) is 10. The lowest BCUT2D eigenvalue weighted by Gasteiger charge is -2.24.